The van der Waals surface area contributed by atoms with Crippen molar-refractivity contribution < 1.29 is 37.3 Å². The number of aromatic nitrogens is 3. The molecule has 2 saturated carbocycles. The van der Waals surface area contributed by atoms with Gasteiger partial charge in [-0.1, -0.05) is 11.6 Å². The fraction of sp³-hybridized carbons (Fsp3) is 0.375. The van der Waals surface area contributed by atoms with E-state index in [1.165, 1.54) is 13.2 Å². The molecule has 0 radical (unpaired) electrons. The Balaban J connectivity index is 1.41. The molecule has 14 heteroatoms. The number of primary amides is 1. The number of aliphatic hydroxyl groups is 1. The minimum Gasteiger partial charge on any atom is -0.494 e. The van der Waals surface area contributed by atoms with Crippen molar-refractivity contribution in [1.29, 1.82) is 0 Å². The number of hydrogen-bond acceptors (Lipinski definition) is 7. The predicted molar refractivity (Wildman–Crippen MR) is 162 cm³/mol. The van der Waals surface area contributed by atoms with Gasteiger partial charge in [-0.05, 0) is 56.7 Å². The van der Waals surface area contributed by atoms with Crippen LogP contribution in [-0.4, -0.2) is 51.9 Å². The molecular weight excluding hydrogens is 627 g/mol. The molecule has 1 atom stereocenters. The van der Waals surface area contributed by atoms with Crippen LogP contribution < -0.4 is 20.5 Å². The predicted octanol–water partition coefficient (Wildman–Crippen LogP) is 4.97. The highest BCUT2D eigenvalue weighted by atomic mass is 35.5. The van der Waals surface area contributed by atoms with Crippen LogP contribution in [0.4, 0.5) is 13.2 Å². The zero-order chi connectivity index (χ0) is 32.9. The molecule has 2 aromatic carbocycles. The van der Waals surface area contributed by atoms with Crippen LogP contribution in [0.1, 0.15) is 60.3 Å². The number of nitrogens with one attached hydrogen (secondary N) is 1. The molecule has 2 aromatic heterocycles. The number of ether oxygens (including phenoxy) is 2. The first kappa shape index (κ1) is 31.6. The molecule has 46 heavy (non-hydrogen) atoms. The molecule has 0 bridgehead atoms. The largest absolute Gasteiger partial charge is 0.494 e. The summed E-state index contributed by atoms with van der Waals surface area (Å²) in [6, 6.07) is 4.98. The van der Waals surface area contributed by atoms with Crippen molar-refractivity contribution in [3.8, 4) is 22.8 Å². The number of methoxy groups -OCH3 is 1. The summed E-state index contributed by atoms with van der Waals surface area (Å²) in [4.78, 5) is 29.9. The van der Waals surface area contributed by atoms with Gasteiger partial charge in [-0.25, -0.2) is 18.2 Å². The van der Waals surface area contributed by atoms with Gasteiger partial charge in [0, 0.05) is 34.3 Å². The smallest absolute Gasteiger partial charge is 0.251 e. The third kappa shape index (κ3) is 5.84. The van der Waals surface area contributed by atoms with Crippen molar-refractivity contribution in [2.24, 2.45) is 11.7 Å². The maximum Gasteiger partial charge on any atom is 0.251 e. The van der Waals surface area contributed by atoms with Gasteiger partial charge in [0.25, 0.3) is 5.91 Å². The van der Waals surface area contributed by atoms with E-state index >= 15 is 8.78 Å². The Morgan fingerprint density at radius 2 is 1.89 bits per heavy atom. The molecule has 10 nitrogen and oxygen atoms in total. The van der Waals surface area contributed by atoms with Crippen LogP contribution in [0.2, 0.25) is 5.02 Å². The van der Waals surface area contributed by atoms with E-state index in [0.29, 0.717) is 41.6 Å². The summed E-state index contributed by atoms with van der Waals surface area (Å²) >= 11 is 5.96. The normalized spacial score (nSPS) is 15.9. The van der Waals surface area contributed by atoms with Crippen LogP contribution in [0.5, 0.6) is 11.5 Å². The van der Waals surface area contributed by atoms with Crippen molar-refractivity contribution in [3.63, 3.8) is 0 Å². The van der Waals surface area contributed by atoms with E-state index in [0.717, 1.165) is 18.9 Å². The summed E-state index contributed by atoms with van der Waals surface area (Å²) in [5.74, 6) is -5.20. The number of halogens is 4. The average molecular weight is 658 g/mol. The topological polar surface area (TPSA) is 142 Å². The Hall–Kier alpha value is -4.36. The van der Waals surface area contributed by atoms with Crippen molar-refractivity contribution in [2.45, 2.75) is 50.7 Å². The molecule has 0 aliphatic heterocycles. The molecule has 2 amide bonds. The first-order valence-corrected chi connectivity index (χ1v) is 15.2. The fourth-order valence-corrected chi connectivity index (χ4v) is 5.80. The molecule has 2 fully saturated rings. The number of hydrogen-bond donors (Lipinski definition) is 3. The van der Waals surface area contributed by atoms with Gasteiger partial charge in [0.15, 0.2) is 11.6 Å². The molecular formula is C32H31ClF3N5O5. The van der Waals surface area contributed by atoms with Crippen LogP contribution in [0, 0.1) is 23.4 Å². The monoisotopic (exact) mass is 657 g/mol. The van der Waals surface area contributed by atoms with E-state index in [9.17, 15) is 19.1 Å². The van der Waals surface area contributed by atoms with Crippen LogP contribution in [0.3, 0.4) is 0 Å². The van der Waals surface area contributed by atoms with E-state index in [1.54, 1.807) is 13.0 Å². The van der Waals surface area contributed by atoms with Crippen molar-refractivity contribution in [3.05, 3.63) is 69.8 Å². The molecule has 2 heterocycles. The number of amides is 2. The lowest BCUT2D eigenvalue weighted by Gasteiger charge is -2.30. The number of carbonyl (C=O) groups is 2. The lowest BCUT2D eigenvalue weighted by atomic mass is 9.89. The van der Waals surface area contributed by atoms with Crippen LogP contribution >= 0.6 is 11.6 Å². The quantitative estimate of drug-likeness (QED) is 0.183. The minimum atomic E-state index is -2.10. The summed E-state index contributed by atoms with van der Waals surface area (Å²) in [5, 5.41) is 19.6. The molecule has 0 spiro atoms. The first-order valence-electron chi connectivity index (χ1n) is 14.8. The van der Waals surface area contributed by atoms with E-state index in [1.807, 2.05) is 10.9 Å². The van der Waals surface area contributed by atoms with Gasteiger partial charge in [-0.15, -0.1) is 0 Å². The summed E-state index contributed by atoms with van der Waals surface area (Å²) in [5.41, 5.74) is 2.56. The van der Waals surface area contributed by atoms with Gasteiger partial charge in [0.2, 0.25) is 5.91 Å². The Kier molecular flexibility index (Phi) is 8.32. The van der Waals surface area contributed by atoms with E-state index in [2.05, 4.69) is 15.4 Å². The third-order valence-corrected chi connectivity index (χ3v) is 8.56. The van der Waals surface area contributed by atoms with Gasteiger partial charge in [-0.3, -0.25) is 14.3 Å². The number of rotatable bonds is 12. The highest BCUT2D eigenvalue weighted by molar-refractivity contribution is 6.31. The van der Waals surface area contributed by atoms with Gasteiger partial charge < -0.3 is 25.6 Å². The number of pyridine rings is 1. The average Bonchev–Trinajstić information content (AvgIpc) is 3.96. The Labute approximate surface area is 266 Å². The summed E-state index contributed by atoms with van der Waals surface area (Å²) in [6.07, 6.45) is 4.14. The maximum absolute atomic E-state index is 16.4. The van der Waals surface area contributed by atoms with Gasteiger partial charge in [0.1, 0.15) is 39.9 Å². The standard InChI is InChI=1S/C32H31ClF3N5O5/c1-3-46-29-20(11-25(37)42)26(36)30(39-28(29)19-10-21(33)23(35)12-22(19)34)32(44,17-4-5-17)14-38-31(43)15-8-16-13-41(18-6-7-18)40-27(16)24(9-15)45-2/h8-10,12-13,17-18,44H,3-7,11,14H2,1-2H3,(H2,37,42)(H,38,43)/t32-/m1/s1. The molecule has 4 aromatic rings. The van der Waals surface area contributed by atoms with Gasteiger partial charge in [0.05, 0.1) is 37.7 Å². The summed E-state index contributed by atoms with van der Waals surface area (Å²) in [7, 11) is 1.47. The minimum absolute atomic E-state index is 0.0356. The first-order chi connectivity index (χ1) is 21.9. The molecule has 0 unspecified atom stereocenters. The van der Waals surface area contributed by atoms with Crippen molar-refractivity contribution in [2.75, 3.05) is 20.3 Å². The zero-order valence-corrected chi connectivity index (χ0v) is 25.8. The lowest BCUT2D eigenvalue weighted by Crippen LogP contribution is -2.44. The molecule has 242 valence electrons. The SMILES string of the molecule is CCOc1c(-c2cc(Cl)c(F)cc2F)nc([C@@](O)(CNC(=O)c2cc(OC)c3nn(C4CC4)cc3c2)C2CC2)c(F)c1CC(N)=O. The second-order valence-corrected chi connectivity index (χ2v) is 12.0. The Morgan fingerprint density at radius 1 is 1.15 bits per heavy atom. The second kappa shape index (κ2) is 12.1. The van der Waals surface area contributed by atoms with Crippen LogP contribution in [-0.2, 0) is 16.8 Å². The van der Waals surface area contributed by atoms with E-state index < -0.39 is 64.5 Å². The third-order valence-electron chi connectivity index (χ3n) is 8.27. The molecule has 0 saturated heterocycles. The van der Waals surface area contributed by atoms with Crippen molar-refractivity contribution >= 4 is 34.3 Å². The number of nitrogens with two attached hydrogens (primary N) is 1. The van der Waals surface area contributed by atoms with Crippen LogP contribution in [0.25, 0.3) is 22.2 Å². The highest BCUT2D eigenvalue weighted by Crippen LogP contribution is 2.48. The summed E-state index contributed by atoms with van der Waals surface area (Å²) in [6.45, 7) is 1.06. The Morgan fingerprint density at radius 3 is 2.52 bits per heavy atom. The number of fused-ring (bicyclic) bond motifs is 1. The Bertz CT molecular complexity index is 1880. The molecule has 6 rings (SSSR count). The molecule has 2 aliphatic rings. The maximum atomic E-state index is 16.4. The lowest BCUT2D eigenvalue weighted by molar-refractivity contribution is -0.117. The van der Waals surface area contributed by atoms with E-state index in [4.69, 9.17) is 26.8 Å². The number of benzene rings is 2. The van der Waals surface area contributed by atoms with E-state index in [-0.39, 0.29) is 34.7 Å². The van der Waals surface area contributed by atoms with Crippen LogP contribution in [0.15, 0.2) is 30.5 Å². The van der Waals surface area contributed by atoms with Crippen molar-refractivity contribution in [1.82, 2.24) is 20.1 Å². The van der Waals surface area contributed by atoms with Gasteiger partial charge >= 0.3 is 0 Å². The number of nitrogens with zero attached hydrogens (tertiary/aromatic N) is 3. The highest BCUT2D eigenvalue weighted by Gasteiger charge is 2.49. The molecule has 4 N–H and O–H groups in total. The summed E-state index contributed by atoms with van der Waals surface area (Å²) < 4.78 is 58.6. The second-order valence-electron chi connectivity index (χ2n) is 11.6. The number of carbonyl (C=O) groups excluding carboxylic acids is 2. The zero-order valence-electron chi connectivity index (χ0n) is 25.0. The van der Waals surface area contributed by atoms with Gasteiger partial charge in [-0.2, -0.15) is 5.10 Å². The fourth-order valence-electron chi connectivity index (χ4n) is 5.64. The molecule has 2 aliphatic carbocycles.